The Labute approximate surface area is 113 Å². The summed E-state index contributed by atoms with van der Waals surface area (Å²) >= 11 is 3.15. The summed E-state index contributed by atoms with van der Waals surface area (Å²) < 4.78 is 22.6. The van der Waals surface area contributed by atoms with E-state index in [4.69, 9.17) is 10.2 Å². The van der Waals surface area contributed by atoms with Crippen LogP contribution in [-0.2, 0) is 14.8 Å². The zero-order chi connectivity index (χ0) is 13.8. The summed E-state index contributed by atoms with van der Waals surface area (Å²) in [6.45, 7) is -0.0566. The van der Waals surface area contributed by atoms with Gasteiger partial charge in [-0.25, -0.2) is 13.6 Å². The van der Waals surface area contributed by atoms with Crippen molar-refractivity contribution in [2.24, 2.45) is 5.14 Å². The Morgan fingerprint density at radius 1 is 1.44 bits per heavy atom. The van der Waals surface area contributed by atoms with Crippen molar-refractivity contribution in [1.82, 2.24) is 0 Å². The average Bonchev–Trinajstić information content (AvgIpc) is 2.27. The fraction of sp³-hybridized carbons (Fsp3) is 0.300. The highest BCUT2D eigenvalue weighted by molar-refractivity contribution is 9.10. The Balaban J connectivity index is 2.84. The van der Waals surface area contributed by atoms with E-state index in [1.807, 2.05) is 0 Å². The highest BCUT2D eigenvalue weighted by Gasteiger charge is 2.11. The van der Waals surface area contributed by atoms with Gasteiger partial charge in [0.15, 0.2) is 0 Å². The Kier molecular flexibility index (Phi) is 5.27. The van der Waals surface area contributed by atoms with Crippen LogP contribution in [0.15, 0.2) is 27.6 Å². The number of hydrogen-bond acceptors (Lipinski definition) is 4. The number of nitrogens with two attached hydrogens (primary N) is 1. The second kappa shape index (κ2) is 6.28. The minimum atomic E-state index is -3.76. The topological polar surface area (TPSA) is 109 Å². The zero-order valence-electron chi connectivity index (χ0n) is 9.39. The molecular weight excluding hydrogens is 324 g/mol. The van der Waals surface area contributed by atoms with Gasteiger partial charge >= 0.3 is 0 Å². The molecule has 0 bridgehead atoms. The number of carbonyl (C=O) groups is 1. The summed E-state index contributed by atoms with van der Waals surface area (Å²) in [5, 5.41) is 16.2. The second-order valence-electron chi connectivity index (χ2n) is 3.56. The van der Waals surface area contributed by atoms with E-state index in [1.54, 1.807) is 0 Å². The van der Waals surface area contributed by atoms with E-state index >= 15 is 0 Å². The summed E-state index contributed by atoms with van der Waals surface area (Å²) in [4.78, 5) is 11.4. The molecule has 0 heterocycles. The lowest BCUT2D eigenvalue weighted by Gasteiger charge is -2.08. The number of anilines is 1. The monoisotopic (exact) mass is 336 g/mol. The number of primary sulfonamides is 1. The molecule has 4 N–H and O–H groups in total. The third kappa shape index (κ3) is 4.37. The molecule has 0 fully saturated rings. The summed E-state index contributed by atoms with van der Waals surface area (Å²) in [5.41, 5.74) is 0.449. The molecule has 1 aromatic carbocycles. The molecule has 0 aromatic heterocycles. The van der Waals surface area contributed by atoms with Crippen molar-refractivity contribution in [3.63, 3.8) is 0 Å². The highest BCUT2D eigenvalue weighted by atomic mass is 79.9. The standard InChI is InChI=1S/C10H13BrN2O4S/c11-8-6-7(18(12,16)17)3-4-9(8)13-10(15)2-1-5-14/h3-4,6,14H,1-2,5H2,(H,13,15)(H2,12,16,17). The first-order valence-electron chi connectivity index (χ1n) is 5.07. The third-order valence-corrected chi connectivity index (χ3v) is 3.67. The molecule has 1 aromatic rings. The summed E-state index contributed by atoms with van der Waals surface area (Å²) in [7, 11) is -3.76. The number of amides is 1. The number of rotatable bonds is 5. The van der Waals surface area contributed by atoms with Crippen molar-refractivity contribution in [1.29, 1.82) is 0 Å². The molecule has 6 nitrogen and oxygen atoms in total. The molecule has 1 rings (SSSR count). The molecule has 0 saturated carbocycles. The Bertz CT molecular complexity index is 545. The molecule has 1 amide bonds. The van der Waals surface area contributed by atoms with E-state index in [2.05, 4.69) is 21.2 Å². The van der Waals surface area contributed by atoms with Crippen molar-refractivity contribution in [2.75, 3.05) is 11.9 Å². The van der Waals surface area contributed by atoms with Gasteiger partial charge in [-0.15, -0.1) is 0 Å². The quantitative estimate of drug-likeness (QED) is 0.738. The molecule has 18 heavy (non-hydrogen) atoms. The Morgan fingerprint density at radius 2 is 2.11 bits per heavy atom. The first kappa shape index (κ1) is 15.1. The van der Waals surface area contributed by atoms with Crippen LogP contribution in [0.2, 0.25) is 0 Å². The van der Waals surface area contributed by atoms with Gasteiger partial charge in [0.25, 0.3) is 0 Å². The molecule has 0 aliphatic rings. The number of aliphatic hydroxyl groups is 1. The molecule has 8 heteroatoms. The van der Waals surface area contributed by atoms with Crippen LogP contribution in [0.4, 0.5) is 5.69 Å². The van der Waals surface area contributed by atoms with Crippen LogP contribution in [0.3, 0.4) is 0 Å². The normalized spacial score (nSPS) is 11.3. The number of carbonyl (C=O) groups excluding carboxylic acids is 1. The predicted molar refractivity (Wildman–Crippen MR) is 70.5 cm³/mol. The van der Waals surface area contributed by atoms with Crippen molar-refractivity contribution < 1.29 is 18.3 Å². The number of hydrogen-bond donors (Lipinski definition) is 3. The Morgan fingerprint density at radius 3 is 2.61 bits per heavy atom. The van der Waals surface area contributed by atoms with E-state index in [0.717, 1.165) is 0 Å². The van der Waals surface area contributed by atoms with Crippen LogP contribution in [-0.4, -0.2) is 26.0 Å². The molecule has 0 atom stereocenters. The van der Waals surface area contributed by atoms with Crippen molar-refractivity contribution in [3.05, 3.63) is 22.7 Å². The Hall–Kier alpha value is -0.960. The van der Waals surface area contributed by atoms with Gasteiger partial charge in [0.2, 0.25) is 15.9 Å². The van der Waals surface area contributed by atoms with Gasteiger partial charge in [-0.3, -0.25) is 4.79 Å². The fourth-order valence-electron chi connectivity index (χ4n) is 1.23. The smallest absolute Gasteiger partial charge is 0.238 e. The van der Waals surface area contributed by atoms with E-state index in [-0.39, 0.29) is 23.8 Å². The van der Waals surface area contributed by atoms with Gasteiger partial charge in [0.05, 0.1) is 10.6 Å². The molecule has 100 valence electrons. The zero-order valence-corrected chi connectivity index (χ0v) is 11.8. The lowest BCUT2D eigenvalue weighted by atomic mass is 10.2. The maximum absolute atomic E-state index is 11.4. The summed E-state index contributed by atoms with van der Waals surface area (Å²) in [5.74, 6) is -0.256. The van der Waals surface area contributed by atoms with Gasteiger partial charge in [-0.2, -0.15) is 0 Å². The van der Waals surface area contributed by atoms with Crippen LogP contribution in [0.25, 0.3) is 0 Å². The lowest BCUT2D eigenvalue weighted by molar-refractivity contribution is -0.116. The van der Waals surface area contributed by atoms with Crippen LogP contribution in [0.5, 0.6) is 0 Å². The predicted octanol–water partition coefficient (Wildman–Crippen LogP) is 0.808. The molecule has 0 aliphatic carbocycles. The maximum atomic E-state index is 11.4. The average molecular weight is 337 g/mol. The van der Waals surface area contributed by atoms with Crippen LogP contribution in [0, 0.1) is 0 Å². The second-order valence-corrected chi connectivity index (χ2v) is 5.98. The van der Waals surface area contributed by atoms with Crippen LogP contribution in [0.1, 0.15) is 12.8 Å². The van der Waals surface area contributed by atoms with Gasteiger partial charge in [0.1, 0.15) is 0 Å². The minimum Gasteiger partial charge on any atom is -0.396 e. The minimum absolute atomic E-state index is 0.0391. The van der Waals surface area contributed by atoms with Gasteiger partial charge in [0, 0.05) is 17.5 Å². The third-order valence-electron chi connectivity index (χ3n) is 2.11. The number of halogens is 1. The molecule has 0 radical (unpaired) electrons. The molecule has 0 aliphatic heterocycles. The number of nitrogens with one attached hydrogen (secondary N) is 1. The molecule has 0 unspecified atom stereocenters. The van der Waals surface area contributed by atoms with E-state index in [0.29, 0.717) is 16.6 Å². The van der Waals surface area contributed by atoms with Crippen molar-refractivity contribution in [3.8, 4) is 0 Å². The first-order chi connectivity index (χ1) is 8.34. The maximum Gasteiger partial charge on any atom is 0.238 e. The highest BCUT2D eigenvalue weighted by Crippen LogP contribution is 2.25. The van der Waals surface area contributed by atoms with Gasteiger partial charge in [-0.1, -0.05) is 0 Å². The van der Waals surface area contributed by atoms with Crippen LogP contribution >= 0.6 is 15.9 Å². The first-order valence-corrected chi connectivity index (χ1v) is 7.41. The van der Waals surface area contributed by atoms with E-state index in [1.165, 1.54) is 18.2 Å². The van der Waals surface area contributed by atoms with Crippen LogP contribution < -0.4 is 10.5 Å². The van der Waals surface area contributed by atoms with Gasteiger partial charge in [-0.05, 0) is 40.5 Å². The van der Waals surface area contributed by atoms with Gasteiger partial charge < -0.3 is 10.4 Å². The molecular formula is C10H13BrN2O4S. The largest absolute Gasteiger partial charge is 0.396 e. The number of sulfonamides is 1. The van der Waals surface area contributed by atoms with Crippen molar-refractivity contribution >= 4 is 37.5 Å². The molecule has 0 spiro atoms. The van der Waals surface area contributed by atoms with Crippen molar-refractivity contribution in [2.45, 2.75) is 17.7 Å². The summed E-state index contributed by atoms with van der Waals surface area (Å²) in [6, 6.07) is 4.07. The lowest BCUT2D eigenvalue weighted by Crippen LogP contribution is -2.14. The fourth-order valence-corrected chi connectivity index (χ4v) is 2.40. The van der Waals surface area contributed by atoms with E-state index < -0.39 is 10.0 Å². The summed E-state index contributed by atoms with van der Waals surface area (Å²) in [6.07, 6.45) is 0.568. The SMILES string of the molecule is NS(=O)(=O)c1ccc(NC(=O)CCCO)c(Br)c1. The van der Waals surface area contributed by atoms with E-state index in [9.17, 15) is 13.2 Å². The number of aliphatic hydroxyl groups excluding tert-OH is 1. The molecule has 0 saturated heterocycles. The number of benzene rings is 1.